The van der Waals surface area contributed by atoms with Crippen molar-refractivity contribution in [1.29, 1.82) is 0 Å². The van der Waals surface area contributed by atoms with Gasteiger partial charge in [0.2, 0.25) is 0 Å². The Bertz CT molecular complexity index is 124. The molecule has 0 saturated carbocycles. The van der Waals surface area contributed by atoms with Crippen molar-refractivity contribution in [3.05, 3.63) is 0 Å². The summed E-state index contributed by atoms with van der Waals surface area (Å²) in [6.07, 6.45) is 5.75. The Kier molecular flexibility index (Phi) is 11.7. The molecule has 0 amide bonds. The predicted octanol–water partition coefficient (Wildman–Crippen LogP) is 5.54. The van der Waals surface area contributed by atoms with Gasteiger partial charge in [-0.3, -0.25) is 0 Å². The molecule has 0 heterocycles. The fourth-order valence-corrected chi connectivity index (χ4v) is 34.4. The normalized spacial score (nSPS) is 12.0. The molecule has 0 aliphatic rings. The summed E-state index contributed by atoms with van der Waals surface area (Å²) in [5.74, 6) is 2.72. The molecule has 0 rings (SSSR count). The van der Waals surface area contributed by atoms with Gasteiger partial charge in [0.25, 0.3) is 0 Å². The second-order valence-corrected chi connectivity index (χ2v) is 30.9. The zero-order valence-corrected chi connectivity index (χ0v) is 15.5. The summed E-state index contributed by atoms with van der Waals surface area (Å²) < 4.78 is 3.23. The Morgan fingerprint density at radius 2 is 1.13 bits per heavy atom. The third-order valence-electron chi connectivity index (χ3n) is 2.64. The molecule has 0 aliphatic heterocycles. The molecule has 0 N–H and O–H groups in total. The van der Waals surface area contributed by atoms with Gasteiger partial charge in [0, 0.05) is 0 Å². The summed E-state index contributed by atoms with van der Waals surface area (Å²) >= 11 is -1.79. The van der Waals surface area contributed by atoms with E-state index in [1.165, 1.54) is 37.2 Å². The van der Waals surface area contributed by atoms with Crippen LogP contribution in [0.1, 0.15) is 53.4 Å². The molecule has 15 heavy (non-hydrogen) atoms. The van der Waals surface area contributed by atoms with Gasteiger partial charge >= 0.3 is 107 Å². The summed E-state index contributed by atoms with van der Waals surface area (Å²) in [7, 11) is 4.80. The summed E-state index contributed by atoms with van der Waals surface area (Å²) in [5, 5.41) is 0. The van der Waals surface area contributed by atoms with Crippen molar-refractivity contribution in [2.45, 2.75) is 62.3 Å². The van der Waals surface area contributed by atoms with E-state index in [-0.39, 0.29) is 0 Å². The predicted molar refractivity (Wildman–Crippen MR) is 81.4 cm³/mol. The zero-order valence-electron chi connectivity index (χ0n) is 11.0. The Hall–Kier alpha value is 1.50. The van der Waals surface area contributed by atoms with Crippen LogP contribution >= 0.6 is 17.9 Å². The molecule has 0 fully saturated rings. The Morgan fingerprint density at radius 3 is 1.40 bits per heavy atom. The van der Waals surface area contributed by atoms with Crippen LogP contribution in [0.2, 0.25) is 8.87 Å². The molecule has 0 aromatic heterocycles. The van der Waals surface area contributed by atoms with Crippen molar-refractivity contribution in [2.75, 3.05) is 11.5 Å². The van der Waals surface area contributed by atoms with Gasteiger partial charge in [-0.25, -0.2) is 0 Å². The van der Waals surface area contributed by atoms with Crippen LogP contribution < -0.4 is 0 Å². The number of hydrogen-bond acceptors (Lipinski definition) is 2. The third-order valence-corrected chi connectivity index (χ3v) is 34.8. The first-order valence-corrected chi connectivity index (χ1v) is 19.5. The number of hydrogen-bond donors (Lipinski definition) is 0. The first-order valence-electron chi connectivity index (χ1n) is 6.52. The van der Waals surface area contributed by atoms with Crippen LogP contribution in [-0.2, 0) is 0 Å². The average Bonchev–Trinajstić information content (AvgIpc) is 2.24. The van der Waals surface area contributed by atoms with Crippen molar-refractivity contribution >= 4 is 33.5 Å². The van der Waals surface area contributed by atoms with E-state index in [4.69, 9.17) is 0 Å². The van der Waals surface area contributed by atoms with Gasteiger partial charge in [-0.15, -0.1) is 0 Å². The first-order chi connectivity index (χ1) is 7.24. The Morgan fingerprint density at radius 1 is 0.733 bits per heavy atom. The molecule has 0 aromatic carbocycles. The molecule has 3 heteroatoms. The molecule has 0 radical (unpaired) electrons. The van der Waals surface area contributed by atoms with Crippen LogP contribution in [-0.4, -0.2) is 27.1 Å². The van der Waals surface area contributed by atoms with Gasteiger partial charge in [0.1, 0.15) is 0 Å². The van der Waals surface area contributed by atoms with E-state index in [2.05, 4.69) is 45.6 Å². The summed E-state index contributed by atoms with van der Waals surface area (Å²) in [5.41, 5.74) is 0. The third kappa shape index (κ3) is 7.43. The van der Waals surface area contributed by atoms with E-state index in [9.17, 15) is 0 Å². The van der Waals surface area contributed by atoms with E-state index in [1.807, 2.05) is 0 Å². The molecule has 0 aromatic rings. The summed E-state index contributed by atoms with van der Waals surface area (Å²) in [6.45, 7) is 9.38. The standard InChI is InChI=1S/2C4H9.2C2H6S.Sn/c2*1-3-4-2;2*1-2-3;/h2*1,3-4H2,2H3;2*3H,2H2,1H3;/q;;;;+2/p-2. The van der Waals surface area contributed by atoms with Gasteiger partial charge in [-0.2, -0.15) is 0 Å². The van der Waals surface area contributed by atoms with Crippen molar-refractivity contribution in [1.82, 2.24) is 0 Å². The van der Waals surface area contributed by atoms with Crippen molar-refractivity contribution in [3.63, 3.8) is 0 Å². The molecule has 0 bridgehead atoms. The van der Waals surface area contributed by atoms with E-state index in [0.29, 0.717) is 0 Å². The quantitative estimate of drug-likeness (QED) is 0.472. The fraction of sp³-hybridized carbons (Fsp3) is 1.00. The molecule has 0 aliphatic carbocycles. The minimum atomic E-state index is -1.79. The van der Waals surface area contributed by atoms with Crippen LogP contribution in [0.5, 0.6) is 0 Å². The fourth-order valence-electron chi connectivity index (χ4n) is 1.87. The van der Waals surface area contributed by atoms with Gasteiger partial charge in [-0.1, -0.05) is 0 Å². The molecule has 0 saturated heterocycles. The molecule has 0 atom stereocenters. The molecule has 0 nitrogen and oxygen atoms in total. The van der Waals surface area contributed by atoms with Crippen molar-refractivity contribution < 1.29 is 0 Å². The molecule has 0 spiro atoms. The van der Waals surface area contributed by atoms with Crippen molar-refractivity contribution in [2.24, 2.45) is 0 Å². The first kappa shape index (κ1) is 16.5. The van der Waals surface area contributed by atoms with Crippen LogP contribution in [0.4, 0.5) is 0 Å². The molecular weight excluding hydrogens is 327 g/mol. The molecule has 92 valence electrons. The maximum atomic E-state index is 2.40. The second kappa shape index (κ2) is 10.6. The van der Waals surface area contributed by atoms with Crippen LogP contribution in [0, 0.1) is 0 Å². The SMILES string of the molecule is CCC[CH2][Sn]([CH2]CCC)([S]CC)[S]CC. The summed E-state index contributed by atoms with van der Waals surface area (Å²) in [6, 6.07) is 0. The van der Waals surface area contributed by atoms with E-state index in [1.54, 1.807) is 8.87 Å². The number of unbranched alkanes of at least 4 members (excludes halogenated alkanes) is 2. The van der Waals surface area contributed by atoms with E-state index < -0.39 is 15.6 Å². The summed E-state index contributed by atoms with van der Waals surface area (Å²) in [4.78, 5) is 0. The minimum absolute atomic E-state index is 1.36. The Labute approximate surface area is 107 Å². The topological polar surface area (TPSA) is 0 Å². The van der Waals surface area contributed by atoms with Crippen LogP contribution in [0.15, 0.2) is 0 Å². The molecular formula is C12H28S2Sn. The number of rotatable bonds is 10. The van der Waals surface area contributed by atoms with Crippen LogP contribution in [0.3, 0.4) is 0 Å². The maximum absolute atomic E-state index is 2.40. The Balaban J connectivity index is 4.26. The van der Waals surface area contributed by atoms with Gasteiger partial charge in [0.15, 0.2) is 0 Å². The van der Waals surface area contributed by atoms with Gasteiger partial charge in [0.05, 0.1) is 0 Å². The average molecular weight is 355 g/mol. The monoisotopic (exact) mass is 356 g/mol. The molecule has 0 unspecified atom stereocenters. The zero-order chi connectivity index (χ0) is 11.6. The van der Waals surface area contributed by atoms with Gasteiger partial charge < -0.3 is 0 Å². The van der Waals surface area contributed by atoms with Crippen molar-refractivity contribution in [3.8, 4) is 0 Å². The van der Waals surface area contributed by atoms with E-state index in [0.717, 1.165) is 0 Å². The van der Waals surface area contributed by atoms with Crippen LogP contribution in [0.25, 0.3) is 0 Å². The van der Waals surface area contributed by atoms with E-state index >= 15 is 0 Å². The second-order valence-electron chi connectivity index (χ2n) is 3.98. The van der Waals surface area contributed by atoms with Gasteiger partial charge in [-0.05, 0) is 0 Å².